The van der Waals surface area contributed by atoms with Crippen molar-refractivity contribution in [1.82, 2.24) is 0 Å². The minimum atomic E-state index is -4.90. The first-order valence-corrected chi connectivity index (χ1v) is 2.86. The molecule has 0 bridgehead atoms. The SMILES string of the molecule is Fc1cc[c]c(C(F)(F)F)c1F. The normalized spacial score (nSPS) is 11.8. The molecule has 1 rings (SSSR count). The molecular formula is C7H2F5. The Kier molecular flexibility index (Phi) is 2.04. The van der Waals surface area contributed by atoms with E-state index in [1.165, 1.54) is 0 Å². The van der Waals surface area contributed by atoms with Gasteiger partial charge in [0.2, 0.25) is 0 Å². The Hall–Kier alpha value is -1.13. The fourth-order valence-electron chi connectivity index (χ4n) is 0.660. The molecule has 5 heteroatoms. The summed E-state index contributed by atoms with van der Waals surface area (Å²) in [5.41, 5.74) is -1.71. The second-order valence-electron chi connectivity index (χ2n) is 2.01. The maximum atomic E-state index is 12.4. The molecule has 0 saturated carbocycles. The van der Waals surface area contributed by atoms with Crippen LogP contribution in [0.4, 0.5) is 22.0 Å². The van der Waals surface area contributed by atoms with E-state index in [-0.39, 0.29) is 0 Å². The molecule has 1 radical (unpaired) electrons. The largest absolute Gasteiger partial charge is 0.419 e. The minimum Gasteiger partial charge on any atom is -0.204 e. The zero-order chi connectivity index (χ0) is 9.35. The summed E-state index contributed by atoms with van der Waals surface area (Å²) in [7, 11) is 0. The van der Waals surface area contributed by atoms with E-state index in [0.717, 1.165) is 0 Å². The second-order valence-corrected chi connectivity index (χ2v) is 2.01. The average molecular weight is 181 g/mol. The molecular weight excluding hydrogens is 179 g/mol. The second kappa shape index (κ2) is 2.73. The van der Waals surface area contributed by atoms with E-state index in [1.807, 2.05) is 0 Å². The van der Waals surface area contributed by atoms with Crippen LogP contribution < -0.4 is 0 Å². The third kappa shape index (κ3) is 1.54. The number of hydrogen-bond donors (Lipinski definition) is 0. The van der Waals surface area contributed by atoms with Crippen molar-refractivity contribution in [2.75, 3.05) is 0 Å². The van der Waals surface area contributed by atoms with Crippen LogP contribution in [0.2, 0.25) is 0 Å². The highest BCUT2D eigenvalue weighted by molar-refractivity contribution is 5.20. The van der Waals surface area contributed by atoms with E-state index < -0.39 is 23.4 Å². The molecule has 0 aliphatic heterocycles. The molecule has 0 fully saturated rings. The van der Waals surface area contributed by atoms with Gasteiger partial charge in [-0.15, -0.1) is 0 Å². The first kappa shape index (κ1) is 8.96. The van der Waals surface area contributed by atoms with Crippen LogP contribution in [-0.4, -0.2) is 0 Å². The van der Waals surface area contributed by atoms with Crippen LogP contribution in [0, 0.1) is 17.7 Å². The van der Waals surface area contributed by atoms with E-state index in [2.05, 4.69) is 0 Å². The van der Waals surface area contributed by atoms with Gasteiger partial charge in [-0.3, -0.25) is 0 Å². The van der Waals surface area contributed by atoms with Gasteiger partial charge in [-0.25, -0.2) is 8.78 Å². The quantitative estimate of drug-likeness (QED) is 0.540. The lowest BCUT2D eigenvalue weighted by molar-refractivity contribution is -0.140. The Morgan fingerprint density at radius 3 is 2.17 bits per heavy atom. The van der Waals surface area contributed by atoms with E-state index in [1.54, 1.807) is 6.07 Å². The van der Waals surface area contributed by atoms with Gasteiger partial charge < -0.3 is 0 Å². The van der Waals surface area contributed by atoms with Gasteiger partial charge in [-0.2, -0.15) is 13.2 Å². The zero-order valence-electron chi connectivity index (χ0n) is 5.54. The zero-order valence-corrected chi connectivity index (χ0v) is 5.54. The smallest absolute Gasteiger partial charge is 0.204 e. The summed E-state index contributed by atoms with van der Waals surface area (Å²) in [5, 5.41) is 0. The van der Waals surface area contributed by atoms with Crippen LogP contribution in [0.3, 0.4) is 0 Å². The number of hydrogen-bond acceptors (Lipinski definition) is 0. The van der Waals surface area contributed by atoms with Crippen LogP contribution in [-0.2, 0) is 6.18 Å². The summed E-state index contributed by atoms with van der Waals surface area (Å²) in [6.45, 7) is 0. The molecule has 65 valence electrons. The van der Waals surface area contributed by atoms with Crippen molar-refractivity contribution in [3.63, 3.8) is 0 Å². The highest BCUT2D eigenvalue weighted by Gasteiger charge is 2.35. The minimum absolute atomic E-state index is 0.574. The van der Waals surface area contributed by atoms with Crippen molar-refractivity contribution in [2.24, 2.45) is 0 Å². The Bertz CT molecular complexity index is 288. The molecule has 0 unspecified atom stereocenters. The van der Waals surface area contributed by atoms with Gasteiger partial charge in [0.1, 0.15) is 5.56 Å². The van der Waals surface area contributed by atoms with Gasteiger partial charge >= 0.3 is 6.18 Å². The van der Waals surface area contributed by atoms with Gasteiger partial charge in [0, 0.05) is 0 Å². The first-order valence-electron chi connectivity index (χ1n) is 2.86. The lowest BCUT2D eigenvalue weighted by Crippen LogP contribution is -2.09. The van der Waals surface area contributed by atoms with Gasteiger partial charge in [0.25, 0.3) is 0 Å². The van der Waals surface area contributed by atoms with Crippen LogP contribution in [0.5, 0.6) is 0 Å². The van der Waals surface area contributed by atoms with Gasteiger partial charge in [0.15, 0.2) is 11.6 Å². The predicted molar refractivity (Wildman–Crippen MR) is 30.2 cm³/mol. The number of benzene rings is 1. The van der Waals surface area contributed by atoms with Crippen molar-refractivity contribution in [2.45, 2.75) is 6.18 Å². The molecule has 0 aromatic heterocycles. The number of rotatable bonds is 0. The van der Waals surface area contributed by atoms with Crippen molar-refractivity contribution in [1.29, 1.82) is 0 Å². The molecule has 1 aromatic carbocycles. The fourth-order valence-corrected chi connectivity index (χ4v) is 0.660. The molecule has 1 aromatic rings. The van der Waals surface area contributed by atoms with Gasteiger partial charge in [-0.1, -0.05) is 6.07 Å². The van der Waals surface area contributed by atoms with Crippen LogP contribution in [0.1, 0.15) is 5.56 Å². The summed E-state index contributed by atoms with van der Waals surface area (Å²) in [6.07, 6.45) is -4.90. The highest BCUT2D eigenvalue weighted by Crippen LogP contribution is 2.31. The standard InChI is InChI=1S/C7H2F5/c8-5-3-1-2-4(6(5)9)7(10,11)12/h1,3H. The lowest BCUT2D eigenvalue weighted by atomic mass is 10.2. The van der Waals surface area contributed by atoms with Crippen molar-refractivity contribution in [3.8, 4) is 0 Å². The lowest BCUT2D eigenvalue weighted by Gasteiger charge is -2.06. The third-order valence-electron chi connectivity index (χ3n) is 1.17. The van der Waals surface area contributed by atoms with Gasteiger partial charge in [-0.05, 0) is 12.1 Å². The summed E-state index contributed by atoms with van der Waals surface area (Å²) >= 11 is 0. The third-order valence-corrected chi connectivity index (χ3v) is 1.17. The van der Waals surface area contributed by atoms with Crippen LogP contribution >= 0.6 is 0 Å². The number of halogens is 5. The molecule has 0 heterocycles. The molecule has 0 aliphatic carbocycles. The predicted octanol–water partition coefficient (Wildman–Crippen LogP) is 2.78. The molecule has 0 saturated heterocycles. The summed E-state index contributed by atoms with van der Waals surface area (Å²) in [6, 6.07) is 2.83. The topological polar surface area (TPSA) is 0 Å². The van der Waals surface area contributed by atoms with Crippen LogP contribution in [0.25, 0.3) is 0 Å². The molecule has 0 amide bonds. The van der Waals surface area contributed by atoms with Crippen LogP contribution in [0.15, 0.2) is 12.1 Å². The monoisotopic (exact) mass is 181 g/mol. The molecule has 0 N–H and O–H groups in total. The molecule has 0 nitrogen and oxygen atoms in total. The van der Waals surface area contributed by atoms with E-state index in [0.29, 0.717) is 12.1 Å². The summed E-state index contributed by atoms with van der Waals surface area (Å²) in [4.78, 5) is 0. The molecule has 0 spiro atoms. The van der Waals surface area contributed by atoms with E-state index >= 15 is 0 Å². The average Bonchev–Trinajstić information content (AvgIpc) is 1.92. The summed E-state index contributed by atoms with van der Waals surface area (Å²) < 4.78 is 60.0. The molecule has 0 atom stereocenters. The first-order chi connectivity index (χ1) is 5.43. The maximum absolute atomic E-state index is 12.4. The highest BCUT2D eigenvalue weighted by atomic mass is 19.4. The Balaban J connectivity index is 3.26. The maximum Gasteiger partial charge on any atom is 0.419 e. The summed E-state index contributed by atoms with van der Waals surface area (Å²) in [5.74, 6) is -3.44. The van der Waals surface area contributed by atoms with Crippen molar-refractivity contribution in [3.05, 3.63) is 35.4 Å². The van der Waals surface area contributed by atoms with E-state index in [4.69, 9.17) is 0 Å². The Morgan fingerprint density at radius 1 is 1.17 bits per heavy atom. The molecule has 12 heavy (non-hydrogen) atoms. The van der Waals surface area contributed by atoms with Gasteiger partial charge in [0.05, 0.1) is 0 Å². The van der Waals surface area contributed by atoms with Crippen molar-refractivity contribution < 1.29 is 22.0 Å². The Morgan fingerprint density at radius 2 is 1.75 bits per heavy atom. The Labute approximate surface area is 64.6 Å². The van der Waals surface area contributed by atoms with Crippen molar-refractivity contribution >= 4 is 0 Å². The number of alkyl halides is 3. The fraction of sp³-hybridized carbons (Fsp3) is 0.143. The molecule has 0 aliphatic rings. The van der Waals surface area contributed by atoms with E-state index in [9.17, 15) is 22.0 Å².